The Morgan fingerprint density at radius 1 is 1.10 bits per heavy atom. The SMILES string of the molecule is CC(N)c1ccc(C(=O)Nc2ccncc2)cc1-c1cccc(C(=O)OCCCl)c1. The monoisotopic (exact) mass is 423 g/mol. The van der Waals surface area contributed by atoms with E-state index < -0.39 is 5.97 Å². The minimum absolute atomic E-state index is 0.139. The maximum absolute atomic E-state index is 12.7. The fourth-order valence-electron chi connectivity index (χ4n) is 3.01. The van der Waals surface area contributed by atoms with E-state index in [4.69, 9.17) is 22.1 Å². The van der Waals surface area contributed by atoms with Crippen molar-refractivity contribution in [3.8, 4) is 11.1 Å². The van der Waals surface area contributed by atoms with E-state index in [1.54, 1.807) is 54.9 Å². The number of pyridine rings is 1. The van der Waals surface area contributed by atoms with Crippen LogP contribution in [0.5, 0.6) is 0 Å². The van der Waals surface area contributed by atoms with E-state index >= 15 is 0 Å². The van der Waals surface area contributed by atoms with Gasteiger partial charge in [0.2, 0.25) is 0 Å². The molecule has 154 valence electrons. The van der Waals surface area contributed by atoms with Gasteiger partial charge in [0, 0.05) is 29.7 Å². The van der Waals surface area contributed by atoms with E-state index in [2.05, 4.69) is 10.3 Å². The summed E-state index contributed by atoms with van der Waals surface area (Å²) in [5, 5.41) is 2.84. The van der Waals surface area contributed by atoms with Crippen molar-refractivity contribution < 1.29 is 14.3 Å². The number of aromatic nitrogens is 1. The number of hydrogen-bond acceptors (Lipinski definition) is 5. The number of nitrogens with zero attached hydrogens (tertiary/aromatic N) is 1. The summed E-state index contributed by atoms with van der Waals surface area (Å²) in [6, 6.07) is 15.5. The number of carbonyl (C=O) groups is 2. The van der Waals surface area contributed by atoms with Crippen LogP contribution in [-0.2, 0) is 4.74 Å². The fraction of sp³-hybridized carbons (Fsp3) is 0.174. The number of nitrogens with two attached hydrogens (primary N) is 1. The maximum atomic E-state index is 12.7. The first kappa shape index (κ1) is 21.5. The highest BCUT2D eigenvalue weighted by molar-refractivity contribution is 6.18. The Labute approximate surface area is 180 Å². The number of rotatable bonds is 7. The van der Waals surface area contributed by atoms with Gasteiger partial charge in [-0.05, 0) is 60.0 Å². The molecule has 3 aromatic rings. The summed E-state index contributed by atoms with van der Waals surface area (Å²) in [4.78, 5) is 28.9. The second kappa shape index (κ2) is 10.0. The number of halogens is 1. The lowest BCUT2D eigenvalue weighted by Crippen LogP contribution is -2.14. The van der Waals surface area contributed by atoms with Gasteiger partial charge in [-0.2, -0.15) is 0 Å². The van der Waals surface area contributed by atoms with Crippen molar-refractivity contribution in [2.24, 2.45) is 5.73 Å². The second-order valence-electron chi connectivity index (χ2n) is 6.69. The predicted molar refractivity (Wildman–Crippen MR) is 118 cm³/mol. The molecule has 6 nitrogen and oxygen atoms in total. The van der Waals surface area contributed by atoms with E-state index in [1.807, 2.05) is 19.1 Å². The molecule has 0 fully saturated rings. The number of nitrogens with one attached hydrogen (secondary N) is 1. The van der Waals surface area contributed by atoms with Crippen LogP contribution in [0.15, 0.2) is 67.0 Å². The standard InChI is InChI=1S/C23H22ClN3O3/c1-15(25)20-6-5-17(22(28)27-19-7-10-26-11-8-19)14-21(20)16-3-2-4-18(13-16)23(29)30-12-9-24/h2-8,10-11,13-15H,9,12,25H2,1H3,(H,26,27,28). The second-order valence-corrected chi connectivity index (χ2v) is 7.06. The van der Waals surface area contributed by atoms with E-state index in [1.165, 1.54) is 0 Å². The molecule has 30 heavy (non-hydrogen) atoms. The summed E-state index contributed by atoms with van der Waals surface area (Å²) in [7, 11) is 0. The van der Waals surface area contributed by atoms with Crippen molar-refractivity contribution in [3.63, 3.8) is 0 Å². The molecule has 3 N–H and O–H groups in total. The highest BCUT2D eigenvalue weighted by Crippen LogP contribution is 2.30. The van der Waals surface area contributed by atoms with Crippen LogP contribution >= 0.6 is 11.6 Å². The Morgan fingerprint density at radius 2 is 1.87 bits per heavy atom. The average molecular weight is 424 g/mol. The van der Waals surface area contributed by atoms with Crippen molar-refractivity contribution >= 4 is 29.2 Å². The molecule has 1 heterocycles. The summed E-state index contributed by atoms with van der Waals surface area (Å²) in [5.74, 6) is -0.475. The van der Waals surface area contributed by atoms with Crippen LogP contribution in [0.1, 0.15) is 39.2 Å². The molecule has 1 atom stereocenters. The number of hydrogen-bond donors (Lipinski definition) is 2. The van der Waals surface area contributed by atoms with Crippen LogP contribution in [-0.4, -0.2) is 29.3 Å². The normalized spacial score (nSPS) is 11.6. The third-order valence-electron chi connectivity index (χ3n) is 4.46. The van der Waals surface area contributed by atoms with Crippen LogP contribution in [0, 0.1) is 0 Å². The first-order valence-corrected chi connectivity index (χ1v) is 9.97. The maximum Gasteiger partial charge on any atom is 0.338 e. The molecular weight excluding hydrogens is 402 g/mol. The molecule has 0 aliphatic heterocycles. The Balaban J connectivity index is 1.96. The van der Waals surface area contributed by atoms with Gasteiger partial charge in [0.15, 0.2) is 0 Å². The number of benzene rings is 2. The lowest BCUT2D eigenvalue weighted by atomic mass is 9.92. The van der Waals surface area contributed by atoms with Gasteiger partial charge in [-0.3, -0.25) is 9.78 Å². The molecular formula is C23H22ClN3O3. The van der Waals surface area contributed by atoms with E-state index in [-0.39, 0.29) is 24.4 Å². The van der Waals surface area contributed by atoms with Gasteiger partial charge < -0.3 is 15.8 Å². The van der Waals surface area contributed by atoms with Crippen LogP contribution in [0.25, 0.3) is 11.1 Å². The van der Waals surface area contributed by atoms with Gasteiger partial charge >= 0.3 is 5.97 Å². The summed E-state index contributed by atoms with van der Waals surface area (Å²) < 4.78 is 5.11. The van der Waals surface area contributed by atoms with Crippen LogP contribution < -0.4 is 11.1 Å². The molecule has 1 amide bonds. The average Bonchev–Trinajstić information content (AvgIpc) is 2.77. The topological polar surface area (TPSA) is 94.3 Å². The molecule has 1 aromatic heterocycles. The number of carbonyl (C=O) groups excluding carboxylic acids is 2. The molecule has 1 unspecified atom stereocenters. The van der Waals surface area contributed by atoms with Gasteiger partial charge in [0.25, 0.3) is 5.91 Å². The lowest BCUT2D eigenvalue weighted by molar-refractivity contribution is 0.0529. The van der Waals surface area contributed by atoms with Gasteiger partial charge in [0.1, 0.15) is 6.61 Å². The van der Waals surface area contributed by atoms with Gasteiger partial charge in [0.05, 0.1) is 11.4 Å². The number of amides is 1. The number of ether oxygens (including phenoxy) is 1. The van der Waals surface area contributed by atoms with Crippen molar-refractivity contribution in [3.05, 3.63) is 83.7 Å². The lowest BCUT2D eigenvalue weighted by Gasteiger charge is -2.16. The third-order valence-corrected chi connectivity index (χ3v) is 4.62. The zero-order valence-corrected chi connectivity index (χ0v) is 17.2. The molecule has 0 aliphatic carbocycles. The first-order chi connectivity index (χ1) is 14.5. The summed E-state index contributed by atoms with van der Waals surface area (Å²) in [5.41, 5.74) is 10.1. The Hall–Kier alpha value is -3.22. The van der Waals surface area contributed by atoms with Crippen LogP contribution in [0.2, 0.25) is 0 Å². The predicted octanol–water partition coefficient (Wildman–Crippen LogP) is 4.42. The van der Waals surface area contributed by atoms with Crippen molar-refractivity contribution in [2.75, 3.05) is 17.8 Å². The minimum atomic E-state index is -0.452. The molecule has 7 heteroatoms. The highest BCUT2D eigenvalue weighted by atomic mass is 35.5. The quantitative estimate of drug-likeness (QED) is 0.433. The molecule has 0 radical (unpaired) electrons. The molecule has 3 rings (SSSR count). The van der Waals surface area contributed by atoms with E-state index in [9.17, 15) is 9.59 Å². The molecule has 0 bridgehead atoms. The summed E-state index contributed by atoms with van der Waals surface area (Å²) >= 11 is 5.59. The molecule has 0 aliphatic rings. The number of alkyl halides is 1. The van der Waals surface area contributed by atoms with Crippen molar-refractivity contribution in [1.29, 1.82) is 0 Å². The molecule has 2 aromatic carbocycles. The largest absolute Gasteiger partial charge is 0.461 e. The zero-order valence-electron chi connectivity index (χ0n) is 16.5. The zero-order chi connectivity index (χ0) is 21.5. The Kier molecular flexibility index (Phi) is 7.17. The van der Waals surface area contributed by atoms with Gasteiger partial charge in [-0.25, -0.2) is 4.79 Å². The smallest absolute Gasteiger partial charge is 0.338 e. The van der Waals surface area contributed by atoms with Crippen molar-refractivity contribution in [1.82, 2.24) is 4.98 Å². The van der Waals surface area contributed by atoms with Crippen LogP contribution in [0.3, 0.4) is 0 Å². The molecule has 0 saturated heterocycles. The van der Waals surface area contributed by atoms with Gasteiger partial charge in [-0.15, -0.1) is 11.6 Å². The van der Waals surface area contributed by atoms with E-state index in [0.717, 1.165) is 16.7 Å². The van der Waals surface area contributed by atoms with Crippen LogP contribution in [0.4, 0.5) is 5.69 Å². The Morgan fingerprint density at radius 3 is 2.57 bits per heavy atom. The number of anilines is 1. The summed E-state index contributed by atoms with van der Waals surface area (Å²) in [6.45, 7) is 2.01. The minimum Gasteiger partial charge on any atom is -0.461 e. The third kappa shape index (κ3) is 5.23. The molecule has 0 spiro atoms. The van der Waals surface area contributed by atoms with Crippen molar-refractivity contribution in [2.45, 2.75) is 13.0 Å². The molecule has 0 saturated carbocycles. The van der Waals surface area contributed by atoms with E-state index in [0.29, 0.717) is 16.8 Å². The fourth-order valence-corrected chi connectivity index (χ4v) is 3.09. The first-order valence-electron chi connectivity index (χ1n) is 9.44. The highest BCUT2D eigenvalue weighted by Gasteiger charge is 2.15. The summed E-state index contributed by atoms with van der Waals surface area (Å²) in [6.07, 6.45) is 3.21. The number of esters is 1. The Bertz CT molecular complexity index is 1040. The van der Waals surface area contributed by atoms with Gasteiger partial charge in [-0.1, -0.05) is 18.2 Å².